The Labute approximate surface area is 73.7 Å². The summed E-state index contributed by atoms with van der Waals surface area (Å²) in [6, 6.07) is 0. The summed E-state index contributed by atoms with van der Waals surface area (Å²) in [6.45, 7) is 5.96. The van der Waals surface area contributed by atoms with Crippen LogP contribution in [0.15, 0.2) is 0 Å². The maximum absolute atomic E-state index is 10.9. The molecule has 0 aromatic rings. The minimum Gasteiger partial charge on any atom is -0.467 e. The molecule has 2 unspecified atom stereocenters. The first-order chi connectivity index (χ1) is 5.49. The molecule has 0 fully saturated rings. The number of aliphatic hydroxyl groups excluding tert-OH is 1. The van der Waals surface area contributed by atoms with Gasteiger partial charge in [0.15, 0.2) is 6.10 Å². The number of methoxy groups -OCH3 is 1. The molecule has 1 N–H and O–H groups in total. The largest absolute Gasteiger partial charge is 0.467 e. The van der Waals surface area contributed by atoms with Crippen LogP contribution in [0.3, 0.4) is 0 Å². The molecule has 0 spiro atoms. The van der Waals surface area contributed by atoms with Gasteiger partial charge in [-0.1, -0.05) is 20.8 Å². The summed E-state index contributed by atoms with van der Waals surface area (Å²) in [5, 5.41) is 9.36. The van der Waals surface area contributed by atoms with Gasteiger partial charge in [-0.15, -0.1) is 0 Å². The maximum atomic E-state index is 10.9. The van der Waals surface area contributed by atoms with E-state index in [1.807, 2.05) is 6.92 Å². The van der Waals surface area contributed by atoms with Crippen LogP contribution in [0.5, 0.6) is 0 Å². The number of hydrogen-bond donors (Lipinski definition) is 1. The monoisotopic (exact) mass is 174 g/mol. The minimum absolute atomic E-state index is 0.0301. The van der Waals surface area contributed by atoms with Crippen LogP contribution in [-0.4, -0.2) is 24.3 Å². The fraction of sp³-hybridized carbons (Fsp3) is 0.889. The summed E-state index contributed by atoms with van der Waals surface area (Å²) in [5.74, 6) is -0.0834. The Bertz CT molecular complexity index is 143. The lowest BCUT2D eigenvalue weighted by Gasteiger charge is -2.17. The van der Waals surface area contributed by atoms with E-state index in [1.165, 1.54) is 7.11 Å². The van der Waals surface area contributed by atoms with E-state index in [1.54, 1.807) is 0 Å². The van der Waals surface area contributed by atoms with Crippen molar-refractivity contribution < 1.29 is 14.6 Å². The molecule has 0 rings (SSSR count). The van der Waals surface area contributed by atoms with Gasteiger partial charge in [0.1, 0.15) is 0 Å². The predicted octanol–water partition coefficient (Wildman–Crippen LogP) is 1.20. The summed E-state index contributed by atoms with van der Waals surface area (Å²) in [5.41, 5.74) is 0. The smallest absolute Gasteiger partial charge is 0.334 e. The first-order valence-corrected chi connectivity index (χ1v) is 4.25. The number of ether oxygens (including phenoxy) is 1. The van der Waals surface area contributed by atoms with Crippen molar-refractivity contribution in [3.05, 3.63) is 0 Å². The normalized spacial score (nSPS) is 15.8. The quantitative estimate of drug-likeness (QED) is 0.651. The van der Waals surface area contributed by atoms with Crippen LogP contribution in [0.1, 0.15) is 27.2 Å². The van der Waals surface area contributed by atoms with Crippen molar-refractivity contribution >= 4 is 5.97 Å². The van der Waals surface area contributed by atoms with Crippen LogP contribution in [0, 0.1) is 11.8 Å². The zero-order valence-electron chi connectivity index (χ0n) is 8.20. The molecule has 72 valence electrons. The molecule has 12 heavy (non-hydrogen) atoms. The number of esters is 1. The van der Waals surface area contributed by atoms with Gasteiger partial charge in [0.25, 0.3) is 0 Å². The number of hydrogen-bond acceptors (Lipinski definition) is 3. The van der Waals surface area contributed by atoms with Crippen molar-refractivity contribution in [2.75, 3.05) is 7.11 Å². The van der Waals surface area contributed by atoms with Gasteiger partial charge in [-0.25, -0.2) is 4.79 Å². The third-order valence-corrected chi connectivity index (χ3v) is 1.82. The molecule has 0 saturated carbocycles. The van der Waals surface area contributed by atoms with Crippen molar-refractivity contribution in [2.24, 2.45) is 11.8 Å². The van der Waals surface area contributed by atoms with E-state index < -0.39 is 12.1 Å². The van der Waals surface area contributed by atoms with Crippen LogP contribution < -0.4 is 0 Å². The molecule has 0 aliphatic carbocycles. The Morgan fingerprint density at radius 2 is 1.92 bits per heavy atom. The zero-order valence-corrected chi connectivity index (χ0v) is 8.20. The molecule has 2 atom stereocenters. The first kappa shape index (κ1) is 11.4. The first-order valence-electron chi connectivity index (χ1n) is 4.25. The lowest BCUT2D eigenvalue weighted by atomic mass is 9.94. The fourth-order valence-electron chi connectivity index (χ4n) is 1.23. The SMILES string of the molecule is COC(=O)C(O)C(C)CC(C)C. The standard InChI is InChI=1S/C9H18O3/c1-6(2)5-7(3)8(10)9(11)12-4/h6-8,10H,5H2,1-4H3. The van der Waals surface area contributed by atoms with E-state index in [4.69, 9.17) is 0 Å². The molecule has 0 saturated heterocycles. The third kappa shape index (κ3) is 3.72. The molecule has 0 bridgehead atoms. The third-order valence-electron chi connectivity index (χ3n) is 1.82. The molecule has 3 heteroatoms. The van der Waals surface area contributed by atoms with Crippen LogP contribution in [0.4, 0.5) is 0 Å². The molecule has 0 heterocycles. The van der Waals surface area contributed by atoms with Gasteiger partial charge in [0.2, 0.25) is 0 Å². The molecule has 0 radical (unpaired) electrons. The average molecular weight is 174 g/mol. The molecule has 0 aliphatic rings. The van der Waals surface area contributed by atoms with Gasteiger partial charge >= 0.3 is 5.97 Å². The summed E-state index contributed by atoms with van der Waals surface area (Å²) >= 11 is 0. The van der Waals surface area contributed by atoms with Crippen molar-refractivity contribution in [3.8, 4) is 0 Å². The van der Waals surface area contributed by atoms with E-state index in [2.05, 4.69) is 18.6 Å². The van der Waals surface area contributed by atoms with E-state index in [0.29, 0.717) is 5.92 Å². The fourth-order valence-corrected chi connectivity index (χ4v) is 1.23. The highest BCUT2D eigenvalue weighted by atomic mass is 16.5. The molecule has 0 aromatic heterocycles. The van der Waals surface area contributed by atoms with E-state index >= 15 is 0 Å². The summed E-state index contributed by atoms with van der Waals surface area (Å²) in [7, 11) is 1.29. The van der Waals surface area contributed by atoms with Gasteiger partial charge in [-0.3, -0.25) is 0 Å². The van der Waals surface area contributed by atoms with Crippen molar-refractivity contribution in [2.45, 2.75) is 33.3 Å². The Hall–Kier alpha value is -0.570. The summed E-state index contributed by atoms with van der Waals surface area (Å²) in [4.78, 5) is 10.9. The zero-order chi connectivity index (χ0) is 9.72. The highest BCUT2D eigenvalue weighted by Crippen LogP contribution is 2.15. The summed E-state index contributed by atoms with van der Waals surface area (Å²) in [6.07, 6.45) is -0.145. The van der Waals surface area contributed by atoms with Crippen molar-refractivity contribution in [3.63, 3.8) is 0 Å². The molecule has 3 nitrogen and oxygen atoms in total. The molecular formula is C9H18O3. The molecule has 0 aliphatic heterocycles. The number of carbonyl (C=O) groups is 1. The average Bonchev–Trinajstić information content (AvgIpc) is 2.00. The van der Waals surface area contributed by atoms with Gasteiger partial charge in [-0.2, -0.15) is 0 Å². The van der Waals surface area contributed by atoms with Crippen molar-refractivity contribution in [1.29, 1.82) is 0 Å². The van der Waals surface area contributed by atoms with E-state index in [9.17, 15) is 9.90 Å². The lowest BCUT2D eigenvalue weighted by Crippen LogP contribution is -2.29. The maximum Gasteiger partial charge on any atom is 0.334 e. The van der Waals surface area contributed by atoms with Crippen LogP contribution in [0.2, 0.25) is 0 Å². The second-order valence-corrected chi connectivity index (χ2v) is 3.57. The molecule has 0 aromatic carbocycles. The van der Waals surface area contributed by atoms with Crippen LogP contribution in [-0.2, 0) is 9.53 Å². The second kappa shape index (κ2) is 5.14. The predicted molar refractivity (Wildman–Crippen MR) is 46.6 cm³/mol. The van der Waals surface area contributed by atoms with Gasteiger partial charge in [-0.05, 0) is 18.3 Å². The topological polar surface area (TPSA) is 46.5 Å². The van der Waals surface area contributed by atoms with E-state index in [0.717, 1.165) is 6.42 Å². The van der Waals surface area contributed by atoms with Crippen LogP contribution in [0.25, 0.3) is 0 Å². The Kier molecular flexibility index (Phi) is 4.90. The second-order valence-electron chi connectivity index (χ2n) is 3.57. The molecule has 0 amide bonds. The van der Waals surface area contributed by atoms with Gasteiger partial charge < -0.3 is 9.84 Å². The highest BCUT2D eigenvalue weighted by molar-refractivity contribution is 5.74. The Balaban J connectivity index is 3.91. The minimum atomic E-state index is -0.975. The Morgan fingerprint density at radius 1 is 1.42 bits per heavy atom. The van der Waals surface area contributed by atoms with Gasteiger partial charge in [0.05, 0.1) is 7.11 Å². The van der Waals surface area contributed by atoms with Gasteiger partial charge in [0, 0.05) is 0 Å². The number of rotatable bonds is 4. The summed E-state index contributed by atoms with van der Waals surface area (Å²) < 4.78 is 4.43. The van der Waals surface area contributed by atoms with E-state index in [-0.39, 0.29) is 5.92 Å². The number of aliphatic hydroxyl groups is 1. The number of carbonyl (C=O) groups excluding carboxylic acids is 1. The lowest BCUT2D eigenvalue weighted by molar-refractivity contribution is -0.153. The Morgan fingerprint density at radius 3 is 2.25 bits per heavy atom. The molecular weight excluding hydrogens is 156 g/mol. The van der Waals surface area contributed by atoms with Crippen LogP contribution >= 0.6 is 0 Å². The highest BCUT2D eigenvalue weighted by Gasteiger charge is 2.23. The van der Waals surface area contributed by atoms with Crippen molar-refractivity contribution in [1.82, 2.24) is 0 Å².